The van der Waals surface area contributed by atoms with E-state index in [1.54, 1.807) is 38.1 Å². The standard InChI is InChI=1S/C20H26O6S2/c1-15-5-11-19(12-6-15)27(21,22)25-17(3)9-10-18(4)26-28(23,24)20-13-7-16(2)8-14-20/h5-8,11-14,17-18H,9-10H2,1-4H3/t17-,18-/m1/s1. The SMILES string of the molecule is Cc1ccc(S(=O)(=O)O[C@H](C)CC[C@@H](C)OS(=O)(=O)c2ccc(C)cc2)cc1. The van der Waals surface area contributed by atoms with Crippen LogP contribution in [0.2, 0.25) is 0 Å². The predicted octanol–water partition coefficient (Wildman–Crippen LogP) is 3.97. The quantitative estimate of drug-likeness (QED) is 0.564. The molecule has 2 rings (SSSR count). The van der Waals surface area contributed by atoms with E-state index in [-0.39, 0.29) is 9.79 Å². The topological polar surface area (TPSA) is 86.7 Å². The molecule has 2 aromatic carbocycles. The maximum atomic E-state index is 12.3. The van der Waals surface area contributed by atoms with Crippen molar-refractivity contribution in [1.29, 1.82) is 0 Å². The molecule has 8 heteroatoms. The van der Waals surface area contributed by atoms with E-state index in [2.05, 4.69) is 0 Å². The van der Waals surface area contributed by atoms with Crippen molar-refractivity contribution in [2.24, 2.45) is 0 Å². The Labute approximate surface area is 167 Å². The van der Waals surface area contributed by atoms with Crippen molar-refractivity contribution in [2.75, 3.05) is 0 Å². The average molecular weight is 427 g/mol. The van der Waals surface area contributed by atoms with E-state index in [1.165, 1.54) is 24.3 Å². The molecule has 0 N–H and O–H groups in total. The van der Waals surface area contributed by atoms with Gasteiger partial charge in [-0.05, 0) is 64.8 Å². The summed E-state index contributed by atoms with van der Waals surface area (Å²) in [6, 6.07) is 12.8. The average Bonchev–Trinajstić information content (AvgIpc) is 2.60. The Bertz CT molecular complexity index is 894. The molecule has 0 aromatic heterocycles. The van der Waals surface area contributed by atoms with E-state index in [9.17, 15) is 16.8 Å². The highest BCUT2D eigenvalue weighted by atomic mass is 32.2. The lowest BCUT2D eigenvalue weighted by Crippen LogP contribution is -2.20. The smallest absolute Gasteiger partial charge is 0.263 e. The summed E-state index contributed by atoms with van der Waals surface area (Å²) < 4.78 is 59.6. The first kappa shape index (κ1) is 22.5. The highest BCUT2D eigenvalue weighted by Crippen LogP contribution is 2.20. The fraction of sp³-hybridized carbons (Fsp3) is 0.400. The molecule has 2 aromatic rings. The van der Waals surface area contributed by atoms with E-state index < -0.39 is 32.4 Å². The lowest BCUT2D eigenvalue weighted by molar-refractivity contribution is 0.168. The van der Waals surface area contributed by atoms with Crippen molar-refractivity contribution in [3.05, 3.63) is 59.7 Å². The fourth-order valence-electron chi connectivity index (χ4n) is 2.52. The zero-order valence-corrected chi connectivity index (χ0v) is 18.1. The molecule has 0 spiro atoms. The van der Waals surface area contributed by atoms with Gasteiger partial charge in [-0.2, -0.15) is 16.8 Å². The molecule has 0 amide bonds. The first-order valence-corrected chi connectivity index (χ1v) is 11.8. The van der Waals surface area contributed by atoms with Gasteiger partial charge in [0.15, 0.2) is 0 Å². The first-order chi connectivity index (χ1) is 13.0. The second-order valence-corrected chi connectivity index (χ2v) is 10.1. The molecular weight excluding hydrogens is 400 g/mol. The number of benzene rings is 2. The summed E-state index contributed by atoms with van der Waals surface area (Å²) in [4.78, 5) is 0.187. The monoisotopic (exact) mass is 426 g/mol. The Morgan fingerprint density at radius 3 is 1.21 bits per heavy atom. The molecule has 0 aliphatic rings. The first-order valence-electron chi connectivity index (χ1n) is 8.99. The highest BCUT2D eigenvalue weighted by molar-refractivity contribution is 7.87. The van der Waals surface area contributed by atoms with E-state index in [1.807, 2.05) is 13.8 Å². The summed E-state index contributed by atoms with van der Waals surface area (Å²) in [6.45, 7) is 7.00. The van der Waals surface area contributed by atoms with Crippen molar-refractivity contribution >= 4 is 20.2 Å². The molecule has 0 bridgehead atoms. The van der Waals surface area contributed by atoms with Crippen molar-refractivity contribution < 1.29 is 25.2 Å². The summed E-state index contributed by atoms with van der Waals surface area (Å²) in [7, 11) is -7.73. The number of aryl methyl sites for hydroxylation is 2. The predicted molar refractivity (Wildman–Crippen MR) is 107 cm³/mol. The van der Waals surface area contributed by atoms with Crippen LogP contribution in [-0.2, 0) is 28.6 Å². The lowest BCUT2D eigenvalue weighted by atomic mass is 10.1. The van der Waals surface area contributed by atoms with Gasteiger partial charge in [0.05, 0.1) is 22.0 Å². The number of rotatable bonds is 9. The molecule has 6 nitrogen and oxygen atoms in total. The third kappa shape index (κ3) is 6.41. The van der Waals surface area contributed by atoms with Gasteiger partial charge in [-0.3, -0.25) is 8.37 Å². The van der Waals surface area contributed by atoms with Crippen LogP contribution in [0.4, 0.5) is 0 Å². The molecular formula is C20H26O6S2. The molecule has 2 atom stereocenters. The fourth-order valence-corrected chi connectivity index (χ4v) is 4.74. The zero-order chi connectivity index (χ0) is 20.9. The second-order valence-electron chi connectivity index (χ2n) is 6.93. The van der Waals surface area contributed by atoms with Crippen molar-refractivity contribution in [2.45, 2.75) is 62.5 Å². The van der Waals surface area contributed by atoms with Gasteiger partial charge in [0, 0.05) is 0 Å². The van der Waals surface area contributed by atoms with Crippen LogP contribution in [0.15, 0.2) is 58.3 Å². The Balaban J connectivity index is 1.90. The molecule has 28 heavy (non-hydrogen) atoms. The van der Waals surface area contributed by atoms with Crippen molar-refractivity contribution in [3.8, 4) is 0 Å². The third-order valence-electron chi connectivity index (χ3n) is 4.18. The van der Waals surface area contributed by atoms with Crippen LogP contribution in [0.5, 0.6) is 0 Å². The number of hydrogen-bond donors (Lipinski definition) is 0. The Kier molecular flexibility index (Phi) is 7.39. The molecule has 154 valence electrons. The maximum Gasteiger partial charge on any atom is 0.297 e. The minimum atomic E-state index is -3.87. The molecule has 0 aliphatic heterocycles. The van der Waals surface area contributed by atoms with Crippen molar-refractivity contribution in [3.63, 3.8) is 0 Å². The molecule has 0 saturated heterocycles. The minimum absolute atomic E-state index is 0.0937. The van der Waals surface area contributed by atoms with Crippen LogP contribution in [0.25, 0.3) is 0 Å². The van der Waals surface area contributed by atoms with Gasteiger partial charge in [0.25, 0.3) is 20.2 Å². The highest BCUT2D eigenvalue weighted by Gasteiger charge is 2.22. The molecule has 0 radical (unpaired) electrons. The van der Waals surface area contributed by atoms with E-state index in [0.717, 1.165) is 11.1 Å². The second kappa shape index (κ2) is 9.17. The molecule has 0 fully saturated rings. The Hall–Kier alpha value is -1.74. The zero-order valence-electron chi connectivity index (χ0n) is 16.5. The largest absolute Gasteiger partial charge is 0.297 e. The molecule has 0 heterocycles. The van der Waals surface area contributed by atoms with Gasteiger partial charge in [0.2, 0.25) is 0 Å². The Morgan fingerprint density at radius 2 is 0.929 bits per heavy atom. The van der Waals surface area contributed by atoms with Crippen molar-refractivity contribution in [1.82, 2.24) is 0 Å². The van der Waals surface area contributed by atoms with Gasteiger partial charge in [-0.15, -0.1) is 0 Å². The van der Waals surface area contributed by atoms with Crippen LogP contribution in [0, 0.1) is 13.8 Å². The van der Waals surface area contributed by atoms with Crippen LogP contribution in [0.1, 0.15) is 37.8 Å². The van der Waals surface area contributed by atoms with Gasteiger partial charge in [0.1, 0.15) is 0 Å². The molecule has 0 aliphatic carbocycles. The maximum absolute atomic E-state index is 12.3. The van der Waals surface area contributed by atoms with Gasteiger partial charge >= 0.3 is 0 Å². The Morgan fingerprint density at radius 1 is 0.643 bits per heavy atom. The van der Waals surface area contributed by atoms with Crippen LogP contribution < -0.4 is 0 Å². The molecule has 0 unspecified atom stereocenters. The van der Waals surface area contributed by atoms with Gasteiger partial charge in [-0.25, -0.2) is 0 Å². The van der Waals surface area contributed by atoms with Gasteiger partial charge < -0.3 is 0 Å². The molecule has 0 saturated carbocycles. The lowest BCUT2D eigenvalue weighted by Gasteiger charge is -2.17. The van der Waals surface area contributed by atoms with Gasteiger partial charge in [-0.1, -0.05) is 35.4 Å². The summed E-state index contributed by atoms with van der Waals surface area (Å²) >= 11 is 0. The van der Waals surface area contributed by atoms with Crippen LogP contribution in [-0.4, -0.2) is 29.0 Å². The third-order valence-corrected chi connectivity index (χ3v) is 7.04. The minimum Gasteiger partial charge on any atom is -0.263 e. The van der Waals surface area contributed by atoms with E-state index in [4.69, 9.17) is 8.37 Å². The summed E-state index contributed by atoms with van der Waals surface area (Å²) in [5, 5.41) is 0. The number of hydrogen-bond acceptors (Lipinski definition) is 6. The van der Waals surface area contributed by atoms with E-state index >= 15 is 0 Å². The van der Waals surface area contributed by atoms with E-state index in [0.29, 0.717) is 12.8 Å². The van der Waals surface area contributed by atoms with Crippen LogP contribution >= 0.6 is 0 Å². The summed E-state index contributed by atoms with van der Waals surface area (Å²) in [6.07, 6.45) is -0.565. The summed E-state index contributed by atoms with van der Waals surface area (Å²) in [5.41, 5.74) is 1.90. The normalized spacial score (nSPS) is 14.6. The van der Waals surface area contributed by atoms with Crippen LogP contribution in [0.3, 0.4) is 0 Å². The summed E-state index contributed by atoms with van der Waals surface area (Å²) in [5.74, 6) is 0.